The van der Waals surface area contributed by atoms with Crippen molar-refractivity contribution in [2.75, 3.05) is 23.7 Å². The minimum absolute atomic E-state index is 0.147. The Morgan fingerprint density at radius 1 is 0.921 bits per heavy atom. The van der Waals surface area contributed by atoms with Gasteiger partial charge in [-0.2, -0.15) is 0 Å². The Bertz CT molecular complexity index is 1310. The first kappa shape index (κ1) is 29.4. The normalized spacial score (nSPS) is 12.0. The zero-order chi connectivity index (χ0) is 27.7. The van der Waals surface area contributed by atoms with Gasteiger partial charge in [-0.1, -0.05) is 83.0 Å². The lowest BCUT2D eigenvalue weighted by molar-refractivity contribution is -0.140. The Morgan fingerprint density at radius 3 is 2.13 bits per heavy atom. The van der Waals surface area contributed by atoms with Crippen molar-refractivity contribution in [3.8, 4) is 0 Å². The molecule has 9 heteroatoms. The second kappa shape index (κ2) is 13.6. The average molecular weight is 601 g/mol. The van der Waals surface area contributed by atoms with Gasteiger partial charge in [-0.15, -0.1) is 0 Å². The molecule has 0 saturated carbocycles. The molecule has 0 heterocycles. The topological polar surface area (TPSA) is 86.8 Å². The largest absolute Gasteiger partial charge is 0.354 e. The van der Waals surface area contributed by atoms with Crippen LogP contribution in [0.4, 0.5) is 5.69 Å². The number of amides is 2. The van der Waals surface area contributed by atoms with Crippen molar-refractivity contribution in [3.63, 3.8) is 0 Å². The van der Waals surface area contributed by atoms with E-state index in [1.165, 1.54) is 4.90 Å². The van der Waals surface area contributed by atoms with E-state index in [-0.39, 0.29) is 12.5 Å². The zero-order valence-corrected chi connectivity index (χ0v) is 24.3. The Hall–Kier alpha value is -3.17. The molecule has 7 nitrogen and oxygen atoms in total. The number of hydrogen-bond acceptors (Lipinski definition) is 4. The number of benzene rings is 3. The van der Waals surface area contributed by atoms with E-state index in [0.717, 1.165) is 38.1 Å². The molecular formula is C29H34BrN3O4S. The predicted octanol–water partition coefficient (Wildman–Crippen LogP) is 4.69. The van der Waals surface area contributed by atoms with E-state index < -0.39 is 28.5 Å². The van der Waals surface area contributed by atoms with Crippen molar-refractivity contribution >= 4 is 43.5 Å². The van der Waals surface area contributed by atoms with E-state index >= 15 is 0 Å². The molecule has 3 aromatic carbocycles. The van der Waals surface area contributed by atoms with Gasteiger partial charge in [0.1, 0.15) is 12.6 Å². The third-order valence-electron chi connectivity index (χ3n) is 6.09. The van der Waals surface area contributed by atoms with E-state index in [1.54, 1.807) is 24.3 Å². The van der Waals surface area contributed by atoms with Gasteiger partial charge in [-0.25, -0.2) is 8.42 Å². The molecular weight excluding hydrogens is 566 g/mol. The van der Waals surface area contributed by atoms with E-state index in [9.17, 15) is 18.0 Å². The summed E-state index contributed by atoms with van der Waals surface area (Å²) < 4.78 is 27.5. The standard InChI is InChI=1S/C29H34BrN3O4S/c1-4-18-31-29(35)27(19-23-8-6-5-7-9-23)32(20-24-12-14-25(30)15-13-24)28(34)21-33(38(3,36)37)26-16-10-22(2)11-17-26/h5-17,27H,4,18-21H2,1-3H3,(H,31,35)/t27-/m1/s1. The Balaban J connectivity index is 2.02. The van der Waals surface area contributed by atoms with Gasteiger partial charge in [0.05, 0.1) is 11.9 Å². The lowest BCUT2D eigenvalue weighted by Gasteiger charge is -2.33. The molecule has 0 aliphatic rings. The molecule has 38 heavy (non-hydrogen) atoms. The summed E-state index contributed by atoms with van der Waals surface area (Å²) in [5.41, 5.74) is 3.09. The highest BCUT2D eigenvalue weighted by Crippen LogP contribution is 2.21. The SMILES string of the molecule is CCCNC(=O)[C@@H](Cc1ccccc1)N(Cc1ccc(Br)cc1)C(=O)CN(c1ccc(C)cc1)S(C)(=O)=O. The molecule has 0 aliphatic carbocycles. The summed E-state index contributed by atoms with van der Waals surface area (Å²) in [5, 5.41) is 2.93. The predicted molar refractivity (Wildman–Crippen MR) is 155 cm³/mol. The van der Waals surface area contributed by atoms with Crippen LogP contribution in [-0.4, -0.2) is 50.5 Å². The number of sulfonamides is 1. The fourth-order valence-corrected chi connectivity index (χ4v) is 5.15. The number of carbonyl (C=O) groups is 2. The molecule has 2 amide bonds. The van der Waals surface area contributed by atoms with Gasteiger partial charge in [0, 0.05) is 24.0 Å². The van der Waals surface area contributed by atoms with Crippen LogP contribution in [0.15, 0.2) is 83.3 Å². The van der Waals surface area contributed by atoms with Gasteiger partial charge in [0.2, 0.25) is 21.8 Å². The number of hydrogen-bond donors (Lipinski definition) is 1. The van der Waals surface area contributed by atoms with Crippen LogP contribution in [0.5, 0.6) is 0 Å². The summed E-state index contributed by atoms with van der Waals surface area (Å²) in [5.74, 6) is -0.742. The quantitative estimate of drug-likeness (QED) is 0.327. The highest BCUT2D eigenvalue weighted by Gasteiger charge is 2.32. The average Bonchev–Trinajstić information content (AvgIpc) is 2.89. The third kappa shape index (κ3) is 8.43. The van der Waals surface area contributed by atoms with Gasteiger partial charge >= 0.3 is 0 Å². The first-order valence-corrected chi connectivity index (χ1v) is 15.1. The smallest absolute Gasteiger partial charge is 0.244 e. The summed E-state index contributed by atoms with van der Waals surface area (Å²) in [6.07, 6.45) is 2.12. The molecule has 0 bridgehead atoms. The molecule has 1 atom stereocenters. The van der Waals surface area contributed by atoms with E-state index in [2.05, 4.69) is 21.2 Å². The van der Waals surface area contributed by atoms with Crippen molar-refractivity contribution in [2.24, 2.45) is 0 Å². The van der Waals surface area contributed by atoms with Crippen molar-refractivity contribution in [3.05, 3.63) is 100 Å². The second-order valence-electron chi connectivity index (χ2n) is 9.25. The molecule has 0 fully saturated rings. The monoisotopic (exact) mass is 599 g/mol. The molecule has 3 rings (SSSR count). The molecule has 1 N–H and O–H groups in total. The number of nitrogens with zero attached hydrogens (tertiary/aromatic N) is 2. The fraction of sp³-hybridized carbons (Fsp3) is 0.310. The van der Waals surface area contributed by atoms with Crippen molar-refractivity contribution in [2.45, 2.75) is 39.3 Å². The van der Waals surface area contributed by atoms with Gasteiger partial charge in [-0.3, -0.25) is 13.9 Å². The molecule has 0 spiro atoms. The number of halogens is 1. The number of carbonyl (C=O) groups excluding carboxylic acids is 2. The summed E-state index contributed by atoms with van der Waals surface area (Å²) in [6.45, 7) is 4.06. The fourth-order valence-electron chi connectivity index (χ4n) is 4.03. The van der Waals surface area contributed by atoms with Gasteiger partial charge in [-0.05, 0) is 48.7 Å². The molecule has 0 aromatic heterocycles. The Labute approximate surface area is 234 Å². The lowest BCUT2D eigenvalue weighted by Crippen LogP contribution is -2.53. The molecule has 0 saturated heterocycles. The van der Waals surface area contributed by atoms with Gasteiger partial charge in [0.15, 0.2) is 0 Å². The maximum absolute atomic E-state index is 14.0. The summed E-state index contributed by atoms with van der Waals surface area (Å²) in [6, 6.07) is 23.1. The van der Waals surface area contributed by atoms with Crippen LogP contribution < -0.4 is 9.62 Å². The minimum atomic E-state index is -3.78. The van der Waals surface area contributed by atoms with Crippen LogP contribution in [0.25, 0.3) is 0 Å². The molecule has 0 unspecified atom stereocenters. The first-order valence-electron chi connectivity index (χ1n) is 12.5. The number of nitrogens with one attached hydrogen (secondary N) is 1. The van der Waals surface area contributed by atoms with E-state index in [0.29, 0.717) is 18.7 Å². The van der Waals surface area contributed by atoms with Crippen LogP contribution in [0.2, 0.25) is 0 Å². The number of anilines is 1. The summed E-state index contributed by atoms with van der Waals surface area (Å²) >= 11 is 3.43. The highest BCUT2D eigenvalue weighted by molar-refractivity contribution is 9.10. The lowest BCUT2D eigenvalue weighted by atomic mass is 10.0. The minimum Gasteiger partial charge on any atom is -0.354 e. The van der Waals surface area contributed by atoms with E-state index in [4.69, 9.17) is 0 Å². The summed E-state index contributed by atoms with van der Waals surface area (Å²) in [4.78, 5) is 28.9. The molecule has 202 valence electrons. The number of aryl methyl sites for hydroxylation is 1. The molecule has 3 aromatic rings. The van der Waals surface area contributed by atoms with Crippen molar-refractivity contribution in [1.82, 2.24) is 10.2 Å². The second-order valence-corrected chi connectivity index (χ2v) is 12.1. The Morgan fingerprint density at radius 2 is 1.55 bits per heavy atom. The summed E-state index contributed by atoms with van der Waals surface area (Å²) in [7, 11) is -3.78. The number of rotatable bonds is 12. The van der Waals surface area contributed by atoms with Crippen LogP contribution in [-0.2, 0) is 32.6 Å². The highest BCUT2D eigenvalue weighted by atomic mass is 79.9. The van der Waals surface area contributed by atoms with E-state index in [1.807, 2.05) is 68.4 Å². The maximum Gasteiger partial charge on any atom is 0.244 e. The van der Waals surface area contributed by atoms with Crippen LogP contribution in [0, 0.1) is 6.92 Å². The maximum atomic E-state index is 14.0. The van der Waals surface area contributed by atoms with Crippen molar-refractivity contribution < 1.29 is 18.0 Å². The molecule has 0 radical (unpaired) electrons. The van der Waals surface area contributed by atoms with Crippen LogP contribution in [0.1, 0.15) is 30.0 Å². The van der Waals surface area contributed by atoms with Crippen molar-refractivity contribution in [1.29, 1.82) is 0 Å². The zero-order valence-electron chi connectivity index (χ0n) is 21.9. The van der Waals surface area contributed by atoms with Crippen LogP contribution in [0.3, 0.4) is 0 Å². The third-order valence-corrected chi connectivity index (χ3v) is 7.76. The molecule has 0 aliphatic heterocycles. The van der Waals surface area contributed by atoms with Gasteiger partial charge < -0.3 is 10.2 Å². The first-order chi connectivity index (χ1) is 18.1. The van der Waals surface area contributed by atoms with Crippen LogP contribution >= 0.6 is 15.9 Å². The Kier molecular flexibility index (Phi) is 10.5. The van der Waals surface area contributed by atoms with Gasteiger partial charge in [0.25, 0.3) is 0 Å².